The minimum Gasteiger partial charge on any atom is -0.459 e. The maximum absolute atomic E-state index is 12.8. The highest BCUT2D eigenvalue weighted by atomic mass is 32.1. The summed E-state index contributed by atoms with van der Waals surface area (Å²) < 4.78 is 7.17. The molecule has 6 nitrogen and oxygen atoms in total. The fourth-order valence-corrected chi connectivity index (χ4v) is 4.49. The number of carbonyl (C=O) groups excluding carboxylic acids is 2. The van der Waals surface area contributed by atoms with E-state index in [1.54, 1.807) is 10.9 Å². The van der Waals surface area contributed by atoms with Gasteiger partial charge in [0, 0.05) is 17.6 Å². The van der Waals surface area contributed by atoms with Crippen LogP contribution < -0.4 is 5.32 Å². The number of hydrogen-bond acceptors (Lipinski definition) is 5. The van der Waals surface area contributed by atoms with Gasteiger partial charge in [-0.05, 0) is 58.9 Å². The molecule has 0 bridgehead atoms. The molecular weight excluding hydrogens is 350 g/mol. The predicted octanol–water partition coefficient (Wildman–Crippen LogP) is 3.97. The molecule has 0 saturated heterocycles. The standard InChI is InChI=1S/C19H25N3O3S/c1-5-22-10-14(12(4)21-22)17(23)20-18-16(19(24)25-11(2)3)13-8-6-7-9-15(13)26-18/h10-11H,5-9H2,1-4H3,(H,20,23). The van der Waals surface area contributed by atoms with Crippen LogP contribution in [0.15, 0.2) is 6.20 Å². The molecule has 2 aromatic rings. The smallest absolute Gasteiger partial charge is 0.341 e. The molecule has 7 heteroatoms. The first kappa shape index (κ1) is 18.6. The van der Waals surface area contributed by atoms with Crippen LogP contribution in [0, 0.1) is 6.92 Å². The molecule has 2 aromatic heterocycles. The number of anilines is 1. The van der Waals surface area contributed by atoms with Crippen LogP contribution in [0.25, 0.3) is 0 Å². The van der Waals surface area contributed by atoms with Crippen LogP contribution in [0.5, 0.6) is 0 Å². The van der Waals surface area contributed by atoms with Gasteiger partial charge in [-0.1, -0.05) is 0 Å². The number of hydrogen-bond donors (Lipinski definition) is 1. The lowest BCUT2D eigenvalue weighted by molar-refractivity contribution is 0.0378. The van der Waals surface area contributed by atoms with E-state index in [9.17, 15) is 9.59 Å². The van der Waals surface area contributed by atoms with Gasteiger partial charge in [-0.25, -0.2) is 4.79 Å². The summed E-state index contributed by atoms with van der Waals surface area (Å²) in [6, 6.07) is 0. The lowest BCUT2D eigenvalue weighted by Crippen LogP contribution is -2.18. The number of amides is 1. The van der Waals surface area contributed by atoms with Crippen LogP contribution in [0.4, 0.5) is 5.00 Å². The van der Waals surface area contributed by atoms with Crippen molar-refractivity contribution in [2.24, 2.45) is 0 Å². The Morgan fingerprint density at radius 2 is 2.08 bits per heavy atom. The normalized spacial score (nSPS) is 13.6. The third kappa shape index (κ3) is 3.67. The summed E-state index contributed by atoms with van der Waals surface area (Å²) in [5.41, 5.74) is 2.79. The number of nitrogens with one attached hydrogen (secondary N) is 1. The second kappa shape index (κ2) is 7.61. The molecule has 0 saturated carbocycles. The highest BCUT2D eigenvalue weighted by molar-refractivity contribution is 7.17. The van der Waals surface area contributed by atoms with Crippen LogP contribution in [-0.4, -0.2) is 27.8 Å². The van der Waals surface area contributed by atoms with Crippen molar-refractivity contribution in [2.45, 2.75) is 66.0 Å². The van der Waals surface area contributed by atoms with Crippen LogP contribution in [0.1, 0.15) is 70.5 Å². The third-order valence-electron chi connectivity index (χ3n) is 4.46. The predicted molar refractivity (Wildman–Crippen MR) is 102 cm³/mol. The quantitative estimate of drug-likeness (QED) is 0.803. The summed E-state index contributed by atoms with van der Waals surface area (Å²) in [6.07, 6.45) is 5.52. The minimum atomic E-state index is -0.351. The SMILES string of the molecule is CCn1cc(C(=O)Nc2sc3c(c2C(=O)OC(C)C)CCCC3)c(C)n1. The number of fused-ring (bicyclic) bond motifs is 1. The van der Waals surface area contributed by atoms with Gasteiger partial charge in [-0.2, -0.15) is 5.10 Å². The molecule has 1 aliphatic carbocycles. The van der Waals surface area contributed by atoms with Crippen molar-refractivity contribution < 1.29 is 14.3 Å². The third-order valence-corrected chi connectivity index (χ3v) is 5.67. The Morgan fingerprint density at radius 3 is 2.73 bits per heavy atom. The topological polar surface area (TPSA) is 73.2 Å². The van der Waals surface area contributed by atoms with Crippen molar-refractivity contribution in [3.05, 3.63) is 33.5 Å². The van der Waals surface area contributed by atoms with E-state index in [1.807, 2.05) is 27.7 Å². The molecule has 1 aliphatic rings. The number of nitrogens with zero attached hydrogens (tertiary/aromatic N) is 2. The van der Waals surface area contributed by atoms with E-state index in [2.05, 4.69) is 10.4 Å². The summed E-state index contributed by atoms with van der Waals surface area (Å²) in [5.74, 6) is -0.588. The Labute approximate surface area is 157 Å². The van der Waals surface area contributed by atoms with Gasteiger partial charge >= 0.3 is 5.97 Å². The van der Waals surface area contributed by atoms with E-state index in [1.165, 1.54) is 16.2 Å². The first-order chi connectivity index (χ1) is 12.4. The molecule has 0 spiro atoms. The van der Waals surface area contributed by atoms with Gasteiger partial charge in [0.15, 0.2) is 0 Å². The molecular formula is C19H25N3O3S. The Morgan fingerprint density at radius 1 is 1.35 bits per heavy atom. The maximum atomic E-state index is 12.8. The summed E-state index contributed by atoms with van der Waals surface area (Å²) in [4.78, 5) is 26.6. The number of ether oxygens (including phenoxy) is 1. The summed E-state index contributed by atoms with van der Waals surface area (Å²) >= 11 is 1.50. The van der Waals surface area contributed by atoms with E-state index in [0.717, 1.165) is 31.2 Å². The Bertz CT molecular complexity index is 835. The zero-order chi connectivity index (χ0) is 18.8. The van der Waals surface area contributed by atoms with Crippen molar-refractivity contribution >= 4 is 28.2 Å². The van der Waals surface area contributed by atoms with Crippen molar-refractivity contribution in [1.29, 1.82) is 0 Å². The lowest BCUT2D eigenvalue weighted by atomic mass is 9.95. The number of aryl methyl sites for hydroxylation is 3. The number of carbonyl (C=O) groups is 2. The van der Waals surface area contributed by atoms with Gasteiger partial charge in [0.05, 0.1) is 22.9 Å². The van der Waals surface area contributed by atoms with Crippen molar-refractivity contribution in [3.63, 3.8) is 0 Å². The van der Waals surface area contributed by atoms with E-state index in [0.29, 0.717) is 28.4 Å². The van der Waals surface area contributed by atoms with E-state index in [4.69, 9.17) is 4.74 Å². The fraction of sp³-hybridized carbons (Fsp3) is 0.526. The van der Waals surface area contributed by atoms with Gasteiger partial charge in [0.1, 0.15) is 5.00 Å². The number of esters is 1. The largest absolute Gasteiger partial charge is 0.459 e. The van der Waals surface area contributed by atoms with Crippen LogP contribution in [0.2, 0.25) is 0 Å². The number of rotatable bonds is 5. The zero-order valence-electron chi connectivity index (χ0n) is 15.7. The molecule has 0 atom stereocenters. The van der Waals surface area contributed by atoms with E-state index >= 15 is 0 Å². The van der Waals surface area contributed by atoms with Crippen LogP contribution >= 0.6 is 11.3 Å². The molecule has 0 aromatic carbocycles. The highest BCUT2D eigenvalue weighted by Crippen LogP contribution is 2.39. The van der Waals surface area contributed by atoms with E-state index < -0.39 is 0 Å². The second-order valence-corrected chi connectivity index (χ2v) is 7.91. The molecule has 3 rings (SSSR count). The number of thiophene rings is 1. The van der Waals surface area contributed by atoms with Gasteiger partial charge < -0.3 is 10.1 Å². The monoisotopic (exact) mass is 375 g/mol. The maximum Gasteiger partial charge on any atom is 0.341 e. The minimum absolute atomic E-state index is 0.199. The van der Waals surface area contributed by atoms with Gasteiger partial charge in [0.25, 0.3) is 5.91 Å². The summed E-state index contributed by atoms with van der Waals surface area (Å²) in [5, 5.41) is 7.86. The van der Waals surface area contributed by atoms with Crippen molar-refractivity contribution in [1.82, 2.24) is 9.78 Å². The number of aromatic nitrogens is 2. The average molecular weight is 375 g/mol. The molecule has 2 heterocycles. The first-order valence-electron chi connectivity index (χ1n) is 9.11. The highest BCUT2D eigenvalue weighted by Gasteiger charge is 2.28. The van der Waals surface area contributed by atoms with Gasteiger partial charge in [-0.3, -0.25) is 9.48 Å². The molecule has 0 radical (unpaired) electrons. The zero-order valence-corrected chi connectivity index (χ0v) is 16.5. The Balaban J connectivity index is 1.93. The summed E-state index contributed by atoms with van der Waals surface area (Å²) in [7, 11) is 0. The molecule has 140 valence electrons. The van der Waals surface area contributed by atoms with Gasteiger partial charge in [-0.15, -0.1) is 11.3 Å². The van der Waals surface area contributed by atoms with E-state index in [-0.39, 0.29) is 18.0 Å². The average Bonchev–Trinajstić information content (AvgIpc) is 3.13. The molecule has 0 fully saturated rings. The Hall–Kier alpha value is -2.15. The molecule has 1 amide bonds. The molecule has 26 heavy (non-hydrogen) atoms. The first-order valence-corrected chi connectivity index (χ1v) is 9.93. The van der Waals surface area contributed by atoms with Gasteiger partial charge in [0.2, 0.25) is 0 Å². The second-order valence-electron chi connectivity index (χ2n) is 6.81. The molecule has 1 N–H and O–H groups in total. The summed E-state index contributed by atoms with van der Waals surface area (Å²) in [6.45, 7) is 8.15. The fourth-order valence-electron chi connectivity index (χ4n) is 3.22. The lowest BCUT2D eigenvalue weighted by Gasteiger charge is -2.14. The van der Waals surface area contributed by atoms with Crippen LogP contribution in [0.3, 0.4) is 0 Å². The van der Waals surface area contributed by atoms with Crippen molar-refractivity contribution in [3.8, 4) is 0 Å². The van der Waals surface area contributed by atoms with Crippen molar-refractivity contribution in [2.75, 3.05) is 5.32 Å². The molecule has 0 unspecified atom stereocenters. The Kier molecular flexibility index (Phi) is 5.46. The van der Waals surface area contributed by atoms with Crippen LogP contribution in [-0.2, 0) is 24.1 Å². The molecule has 0 aliphatic heterocycles.